The minimum atomic E-state index is -0.879. The van der Waals surface area contributed by atoms with Gasteiger partial charge in [0, 0.05) is 0 Å². The molecular weight excluding hydrogens is 116 g/mol. The van der Waals surface area contributed by atoms with E-state index in [0.717, 1.165) is 0 Å². The largest absolute Gasteiger partial charge is 0.478 e. The van der Waals surface area contributed by atoms with Crippen molar-refractivity contribution in [3.63, 3.8) is 0 Å². The summed E-state index contributed by atoms with van der Waals surface area (Å²) in [6, 6.07) is 0. The molecule has 0 unspecified atom stereocenters. The van der Waals surface area contributed by atoms with Gasteiger partial charge in [0.05, 0.1) is 5.57 Å². The maximum atomic E-state index is 10.2. The van der Waals surface area contributed by atoms with E-state index in [-0.39, 0.29) is 0 Å². The first-order chi connectivity index (χ1) is 4.22. The van der Waals surface area contributed by atoms with Crippen LogP contribution >= 0.6 is 0 Å². The van der Waals surface area contributed by atoms with Gasteiger partial charge in [0.25, 0.3) is 0 Å². The van der Waals surface area contributed by atoms with Crippen LogP contribution in [-0.2, 0) is 4.79 Å². The van der Waals surface area contributed by atoms with Crippen LogP contribution in [0.3, 0.4) is 0 Å². The van der Waals surface area contributed by atoms with E-state index in [4.69, 9.17) is 5.11 Å². The van der Waals surface area contributed by atoms with Crippen molar-refractivity contribution in [2.45, 2.75) is 13.8 Å². The fraction of sp³-hybridized carbons (Fsp3) is 0.286. The van der Waals surface area contributed by atoms with Gasteiger partial charge in [0.2, 0.25) is 0 Å². The zero-order valence-corrected chi connectivity index (χ0v) is 5.59. The number of carboxylic acids is 1. The molecule has 0 saturated carbocycles. The molecule has 0 aromatic heterocycles. The monoisotopic (exact) mass is 126 g/mol. The van der Waals surface area contributed by atoms with Crippen molar-refractivity contribution in [2.75, 3.05) is 0 Å². The van der Waals surface area contributed by atoms with E-state index in [1.54, 1.807) is 32.1 Å². The van der Waals surface area contributed by atoms with Gasteiger partial charge in [-0.1, -0.05) is 18.2 Å². The first-order valence-electron chi connectivity index (χ1n) is 2.74. The lowest BCUT2D eigenvalue weighted by Crippen LogP contribution is -1.95. The predicted molar refractivity (Wildman–Crippen MR) is 36.2 cm³/mol. The lowest BCUT2D eigenvalue weighted by atomic mass is 10.2. The third-order valence-corrected chi connectivity index (χ3v) is 0.904. The highest BCUT2D eigenvalue weighted by Gasteiger charge is 1.97. The molecule has 0 radical (unpaired) electrons. The lowest BCUT2D eigenvalue weighted by molar-refractivity contribution is -0.132. The summed E-state index contributed by atoms with van der Waals surface area (Å²) in [4.78, 5) is 10.2. The SMILES string of the molecule is CC=C/C(=C\C)C(=O)O. The molecule has 0 aliphatic rings. The van der Waals surface area contributed by atoms with E-state index in [2.05, 4.69) is 0 Å². The van der Waals surface area contributed by atoms with Crippen LogP contribution in [0.4, 0.5) is 0 Å². The Morgan fingerprint density at radius 3 is 2.11 bits per heavy atom. The third kappa shape index (κ3) is 2.69. The fourth-order valence-corrected chi connectivity index (χ4v) is 0.471. The highest BCUT2D eigenvalue weighted by Crippen LogP contribution is 1.94. The second-order valence-electron chi connectivity index (χ2n) is 1.55. The van der Waals surface area contributed by atoms with Crippen LogP contribution in [0.1, 0.15) is 13.8 Å². The molecule has 0 atom stereocenters. The maximum Gasteiger partial charge on any atom is 0.335 e. The van der Waals surface area contributed by atoms with Gasteiger partial charge in [-0.15, -0.1) is 0 Å². The van der Waals surface area contributed by atoms with Gasteiger partial charge in [0.15, 0.2) is 0 Å². The smallest absolute Gasteiger partial charge is 0.335 e. The number of aliphatic carboxylic acids is 1. The molecule has 0 rings (SSSR count). The maximum absolute atomic E-state index is 10.2. The first-order valence-corrected chi connectivity index (χ1v) is 2.74. The Kier molecular flexibility index (Phi) is 3.44. The molecule has 0 aliphatic carbocycles. The molecule has 9 heavy (non-hydrogen) atoms. The summed E-state index contributed by atoms with van der Waals surface area (Å²) < 4.78 is 0. The lowest BCUT2D eigenvalue weighted by Gasteiger charge is -1.88. The quantitative estimate of drug-likeness (QED) is 0.450. The summed E-state index contributed by atoms with van der Waals surface area (Å²) in [6.07, 6.45) is 4.81. The highest BCUT2D eigenvalue weighted by molar-refractivity contribution is 5.89. The minimum Gasteiger partial charge on any atom is -0.478 e. The van der Waals surface area contributed by atoms with E-state index in [9.17, 15) is 4.79 Å². The summed E-state index contributed by atoms with van der Waals surface area (Å²) in [7, 11) is 0. The summed E-state index contributed by atoms with van der Waals surface area (Å²) in [5.74, 6) is -0.879. The number of allylic oxidation sites excluding steroid dienone is 2. The van der Waals surface area contributed by atoms with Crippen molar-refractivity contribution in [2.24, 2.45) is 0 Å². The van der Waals surface area contributed by atoms with Crippen LogP contribution in [0.15, 0.2) is 23.8 Å². The van der Waals surface area contributed by atoms with Crippen LogP contribution in [0, 0.1) is 0 Å². The van der Waals surface area contributed by atoms with Crippen molar-refractivity contribution >= 4 is 5.97 Å². The summed E-state index contributed by atoms with van der Waals surface area (Å²) in [6.45, 7) is 3.48. The normalized spacial score (nSPS) is 12.4. The van der Waals surface area contributed by atoms with Gasteiger partial charge in [-0.2, -0.15) is 0 Å². The molecule has 50 valence electrons. The number of hydrogen-bond donors (Lipinski definition) is 1. The van der Waals surface area contributed by atoms with Crippen molar-refractivity contribution in [3.8, 4) is 0 Å². The van der Waals surface area contributed by atoms with E-state index < -0.39 is 5.97 Å². The van der Waals surface area contributed by atoms with Crippen molar-refractivity contribution in [3.05, 3.63) is 23.8 Å². The minimum absolute atomic E-state index is 0.331. The molecule has 2 heteroatoms. The van der Waals surface area contributed by atoms with Crippen molar-refractivity contribution in [1.82, 2.24) is 0 Å². The number of carbonyl (C=O) groups is 1. The summed E-state index contributed by atoms with van der Waals surface area (Å²) >= 11 is 0. The van der Waals surface area contributed by atoms with Gasteiger partial charge in [0.1, 0.15) is 0 Å². The number of carboxylic acid groups (broad SMARTS) is 1. The molecule has 0 saturated heterocycles. The Morgan fingerprint density at radius 2 is 2.00 bits per heavy atom. The first kappa shape index (κ1) is 7.95. The Bertz CT molecular complexity index is 154. The van der Waals surface area contributed by atoms with Crippen LogP contribution in [-0.4, -0.2) is 11.1 Å². The van der Waals surface area contributed by atoms with E-state index in [0.29, 0.717) is 5.57 Å². The van der Waals surface area contributed by atoms with Crippen LogP contribution < -0.4 is 0 Å². The van der Waals surface area contributed by atoms with E-state index >= 15 is 0 Å². The Balaban J connectivity index is 4.19. The molecule has 0 bridgehead atoms. The van der Waals surface area contributed by atoms with Gasteiger partial charge < -0.3 is 5.11 Å². The standard InChI is InChI=1S/C7H10O2/c1-3-5-6(4-2)7(8)9/h3-5H,1-2H3,(H,8,9)/b5-3?,6-4+. The summed E-state index contributed by atoms with van der Waals surface area (Å²) in [5.41, 5.74) is 0.331. The average Bonchev–Trinajstić information content (AvgIpc) is 1.82. The molecule has 0 spiro atoms. The number of rotatable bonds is 2. The van der Waals surface area contributed by atoms with Crippen LogP contribution in [0.5, 0.6) is 0 Å². The Labute approximate surface area is 54.5 Å². The fourth-order valence-electron chi connectivity index (χ4n) is 0.471. The molecule has 2 nitrogen and oxygen atoms in total. The molecule has 0 heterocycles. The second kappa shape index (κ2) is 3.89. The Hall–Kier alpha value is -1.05. The second-order valence-corrected chi connectivity index (χ2v) is 1.55. The predicted octanol–water partition coefficient (Wildman–Crippen LogP) is 1.59. The average molecular weight is 126 g/mol. The van der Waals surface area contributed by atoms with Crippen molar-refractivity contribution in [1.29, 1.82) is 0 Å². The third-order valence-electron chi connectivity index (χ3n) is 0.904. The topological polar surface area (TPSA) is 37.3 Å². The highest BCUT2D eigenvalue weighted by atomic mass is 16.4. The Morgan fingerprint density at radius 1 is 1.44 bits per heavy atom. The van der Waals surface area contributed by atoms with Gasteiger partial charge >= 0.3 is 5.97 Å². The zero-order valence-electron chi connectivity index (χ0n) is 5.59. The molecule has 0 aliphatic heterocycles. The molecule has 0 fully saturated rings. The molecule has 0 amide bonds. The van der Waals surface area contributed by atoms with Gasteiger partial charge in [-0.05, 0) is 13.8 Å². The molecule has 0 aromatic carbocycles. The number of hydrogen-bond acceptors (Lipinski definition) is 1. The van der Waals surface area contributed by atoms with E-state index in [1.807, 2.05) is 0 Å². The zero-order chi connectivity index (χ0) is 7.28. The van der Waals surface area contributed by atoms with Gasteiger partial charge in [-0.25, -0.2) is 4.79 Å². The molecular formula is C7H10O2. The van der Waals surface area contributed by atoms with E-state index in [1.165, 1.54) is 0 Å². The summed E-state index contributed by atoms with van der Waals surface area (Å²) in [5, 5.41) is 8.38. The molecule has 1 N–H and O–H groups in total. The van der Waals surface area contributed by atoms with Crippen molar-refractivity contribution < 1.29 is 9.90 Å². The van der Waals surface area contributed by atoms with Gasteiger partial charge in [-0.3, -0.25) is 0 Å². The van der Waals surface area contributed by atoms with Crippen LogP contribution in [0.2, 0.25) is 0 Å². The molecule has 0 aromatic rings. The van der Waals surface area contributed by atoms with Crippen LogP contribution in [0.25, 0.3) is 0 Å².